The molecule has 0 radical (unpaired) electrons. The Morgan fingerprint density at radius 3 is 0.733 bits per heavy atom. The first-order chi connectivity index (χ1) is 29.7. The molecule has 2 heteroatoms. The van der Waals surface area contributed by atoms with Gasteiger partial charge in [0.1, 0.15) is 0 Å². The van der Waals surface area contributed by atoms with Crippen molar-refractivity contribution in [1.82, 2.24) is 9.97 Å². The molecule has 60 heavy (non-hydrogen) atoms. The van der Waals surface area contributed by atoms with Crippen LogP contribution in [0.25, 0.3) is 101 Å². The van der Waals surface area contributed by atoms with Crippen LogP contribution >= 0.6 is 0 Å². The predicted octanol–water partition coefficient (Wildman–Crippen LogP) is 15.5. The van der Waals surface area contributed by atoms with Gasteiger partial charge in [-0.15, -0.1) is 0 Å². The maximum absolute atomic E-state index is 5.22. The van der Waals surface area contributed by atoms with Crippen LogP contribution in [0.5, 0.6) is 0 Å². The number of rotatable bonds is 9. The van der Waals surface area contributed by atoms with Gasteiger partial charge in [-0.05, 0) is 97.1 Å². The van der Waals surface area contributed by atoms with Gasteiger partial charge in [-0.2, -0.15) is 0 Å². The molecule has 0 N–H and O–H groups in total. The second kappa shape index (κ2) is 16.5. The Hall–Kier alpha value is -7.94. The molecule has 1 heterocycles. The summed E-state index contributed by atoms with van der Waals surface area (Å²) in [7, 11) is 0. The molecule has 0 unspecified atom stereocenters. The minimum absolute atomic E-state index is 0.689. The lowest BCUT2D eigenvalue weighted by atomic mass is 9.95. The highest BCUT2D eigenvalue weighted by Crippen LogP contribution is 2.34. The van der Waals surface area contributed by atoms with Gasteiger partial charge in [-0.25, -0.2) is 9.97 Å². The fourth-order valence-corrected chi connectivity index (χ4v) is 7.90. The average molecular weight is 765 g/mol. The van der Waals surface area contributed by atoms with Crippen LogP contribution in [-0.2, 0) is 0 Å². The van der Waals surface area contributed by atoms with Crippen LogP contribution in [0.3, 0.4) is 0 Å². The van der Waals surface area contributed by atoms with Crippen LogP contribution < -0.4 is 0 Å². The van der Waals surface area contributed by atoms with Crippen LogP contribution in [0.1, 0.15) is 0 Å². The van der Waals surface area contributed by atoms with Crippen molar-refractivity contribution in [2.45, 2.75) is 0 Å². The molecule has 0 atom stereocenters. The Balaban J connectivity index is 0.993. The molecule has 0 fully saturated rings. The van der Waals surface area contributed by atoms with Gasteiger partial charge < -0.3 is 0 Å². The molecular weight excluding hydrogens is 725 g/mol. The van der Waals surface area contributed by atoms with Crippen molar-refractivity contribution in [2.75, 3.05) is 0 Å². The first-order valence-electron chi connectivity index (χ1n) is 20.4. The molecule has 2 nitrogen and oxygen atoms in total. The number of hydrogen-bond acceptors (Lipinski definition) is 2. The molecule has 0 saturated heterocycles. The highest BCUT2D eigenvalue weighted by molar-refractivity contribution is 5.80. The predicted molar refractivity (Wildman–Crippen MR) is 251 cm³/mol. The number of benzene rings is 9. The van der Waals surface area contributed by atoms with Gasteiger partial charge in [0.2, 0.25) is 0 Å². The summed E-state index contributed by atoms with van der Waals surface area (Å²) in [6.45, 7) is 0. The van der Waals surface area contributed by atoms with Gasteiger partial charge in [0.25, 0.3) is 0 Å². The van der Waals surface area contributed by atoms with E-state index in [1.165, 1.54) is 44.5 Å². The summed E-state index contributed by atoms with van der Waals surface area (Å²) in [5.74, 6) is 0.689. The standard InChI is InChI=1S/C58H40N2/c1-4-14-41(15-5-1)48-20-10-22-50(36-48)44-28-32-46(33-29-44)56-40-57(60-58(59-56)55-27-13-24-52(39-55)43-18-8-3-9-19-43)47-34-30-45(31-35-47)51-23-12-26-54(38-51)53-25-11-21-49(37-53)42-16-6-2-7-17-42/h1-40H. The van der Waals surface area contributed by atoms with Gasteiger partial charge >= 0.3 is 0 Å². The SMILES string of the molecule is c1ccc(-c2cccc(-c3ccc(-c4cc(-c5ccc(-c6cccc(-c7cccc(-c8ccccc8)c7)c6)cc5)nc(-c5cccc(-c6ccccc6)c5)n4)cc3)c2)cc1. The zero-order valence-corrected chi connectivity index (χ0v) is 33.0. The quantitative estimate of drug-likeness (QED) is 0.146. The molecule has 0 saturated carbocycles. The van der Waals surface area contributed by atoms with Gasteiger partial charge in [-0.1, -0.05) is 212 Å². The third-order valence-electron chi connectivity index (χ3n) is 11.1. The molecule has 9 aromatic carbocycles. The minimum atomic E-state index is 0.689. The first-order valence-corrected chi connectivity index (χ1v) is 20.4. The Kier molecular flexibility index (Phi) is 10.0. The van der Waals surface area contributed by atoms with E-state index in [1.807, 2.05) is 6.07 Å². The van der Waals surface area contributed by atoms with E-state index in [4.69, 9.17) is 9.97 Å². The fourth-order valence-electron chi connectivity index (χ4n) is 7.90. The van der Waals surface area contributed by atoms with Crippen molar-refractivity contribution in [3.8, 4) is 101 Å². The fraction of sp³-hybridized carbons (Fsp3) is 0. The van der Waals surface area contributed by atoms with Crippen LogP contribution in [0, 0.1) is 0 Å². The van der Waals surface area contributed by atoms with Gasteiger partial charge in [-0.3, -0.25) is 0 Å². The van der Waals surface area contributed by atoms with Crippen molar-refractivity contribution in [3.63, 3.8) is 0 Å². The largest absolute Gasteiger partial charge is 0.228 e. The van der Waals surface area contributed by atoms with E-state index in [0.717, 1.165) is 50.3 Å². The monoisotopic (exact) mass is 764 g/mol. The topological polar surface area (TPSA) is 25.8 Å². The Morgan fingerprint density at radius 2 is 0.400 bits per heavy atom. The van der Waals surface area contributed by atoms with Crippen LogP contribution in [0.15, 0.2) is 243 Å². The highest BCUT2D eigenvalue weighted by Gasteiger charge is 2.13. The molecule has 10 rings (SSSR count). The molecule has 0 spiro atoms. The molecule has 10 aromatic rings. The normalized spacial score (nSPS) is 11.0. The Morgan fingerprint density at radius 1 is 0.167 bits per heavy atom. The maximum Gasteiger partial charge on any atom is 0.160 e. The molecule has 0 aliphatic heterocycles. The second-order valence-corrected chi connectivity index (χ2v) is 15.0. The van der Waals surface area contributed by atoms with E-state index >= 15 is 0 Å². The molecular formula is C58H40N2. The minimum Gasteiger partial charge on any atom is -0.228 e. The van der Waals surface area contributed by atoms with Crippen molar-refractivity contribution < 1.29 is 0 Å². The molecule has 0 bridgehead atoms. The summed E-state index contributed by atoms with van der Waals surface area (Å²) in [6.07, 6.45) is 0. The summed E-state index contributed by atoms with van der Waals surface area (Å²) in [4.78, 5) is 10.4. The zero-order valence-electron chi connectivity index (χ0n) is 33.0. The molecule has 282 valence electrons. The second-order valence-electron chi connectivity index (χ2n) is 15.0. The lowest BCUT2D eigenvalue weighted by Gasteiger charge is -2.12. The molecule has 1 aromatic heterocycles. The van der Waals surface area contributed by atoms with E-state index in [1.54, 1.807) is 0 Å². The van der Waals surface area contributed by atoms with Gasteiger partial charge in [0.05, 0.1) is 11.4 Å². The molecule has 0 aliphatic rings. The lowest BCUT2D eigenvalue weighted by Crippen LogP contribution is -1.96. The summed E-state index contributed by atoms with van der Waals surface area (Å²) in [5.41, 5.74) is 18.9. The van der Waals surface area contributed by atoms with Crippen molar-refractivity contribution in [1.29, 1.82) is 0 Å². The summed E-state index contributed by atoms with van der Waals surface area (Å²) in [6, 6.07) is 85.9. The van der Waals surface area contributed by atoms with Crippen LogP contribution in [0.2, 0.25) is 0 Å². The van der Waals surface area contributed by atoms with Crippen LogP contribution in [-0.4, -0.2) is 9.97 Å². The van der Waals surface area contributed by atoms with Gasteiger partial charge in [0, 0.05) is 16.7 Å². The number of aromatic nitrogens is 2. The lowest BCUT2D eigenvalue weighted by molar-refractivity contribution is 1.18. The van der Waals surface area contributed by atoms with Crippen molar-refractivity contribution >= 4 is 0 Å². The number of nitrogens with zero attached hydrogens (tertiary/aromatic N) is 2. The highest BCUT2D eigenvalue weighted by atomic mass is 14.9. The summed E-state index contributed by atoms with van der Waals surface area (Å²) in [5, 5.41) is 0. The van der Waals surface area contributed by atoms with E-state index in [2.05, 4.69) is 237 Å². The summed E-state index contributed by atoms with van der Waals surface area (Å²) < 4.78 is 0. The van der Waals surface area contributed by atoms with Crippen LogP contribution in [0.4, 0.5) is 0 Å². The van der Waals surface area contributed by atoms with E-state index in [9.17, 15) is 0 Å². The van der Waals surface area contributed by atoms with E-state index in [0.29, 0.717) is 5.82 Å². The number of hydrogen-bond donors (Lipinski definition) is 0. The van der Waals surface area contributed by atoms with E-state index < -0.39 is 0 Å². The van der Waals surface area contributed by atoms with Crippen molar-refractivity contribution in [2.24, 2.45) is 0 Å². The Bertz CT molecular complexity index is 3050. The summed E-state index contributed by atoms with van der Waals surface area (Å²) >= 11 is 0. The Labute approximate surface area is 351 Å². The third-order valence-corrected chi connectivity index (χ3v) is 11.1. The smallest absolute Gasteiger partial charge is 0.160 e. The van der Waals surface area contributed by atoms with Crippen molar-refractivity contribution in [3.05, 3.63) is 243 Å². The maximum atomic E-state index is 5.22. The third kappa shape index (κ3) is 7.83. The molecule has 0 aliphatic carbocycles. The van der Waals surface area contributed by atoms with E-state index in [-0.39, 0.29) is 0 Å². The first kappa shape index (κ1) is 36.4. The van der Waals surface area contributed by atoms with Gasteiger partial charge in [0.15, 0.2) is 5.82 Å². The molecule has 0 amide bonds. The average Bonchev–Trinajstić information content (AvgIpc) is 3.35. The zero-order chi connectivity index (χ0) is 40.1.